The SMILES string of the molecule is CC(C)Oc1ccc(-c2csc(NC(=O)c3ccccc3)n2)cc1. The summed E-state index contributed by atoms with van der Waals surface area (Å²) in [5.74, 6) is 0.679. The van der Waals surface area contributed by atoms with Gasteiger partial charge in [0, 0.05) is 16.5 Å². The van der Waals surface area contributed by atoms with E-state index >= 15 is 0 Å². The lowest BCUT2D eigenvalue weighted by atomic mass is 10.2. The van der Waals surface area contributed by atoms with Crippen molar-refractivity contribution in [1.29, 1.82) is 0 Å². The number of rotatable bonds is 5. The normalized spacial score (nSPS) is 10.6. The minimum Gasteiger partial charge on any atom is -0.491 e. The summed E-state index contributed by atoms with van der Waals surface area (Å²) in [6.45, 7) is 3.99. The second-order valence-electron chi connectivity index (χ2n) is 5.55. The van der Waals surface area contributed by atoms with Gasteiger partial charge >= 0.3 is 0 Å². The van der Waals surface area contributed by atoms with E-state index in [2.05, 4.69) is 10.3 Å². The number of thiazole rings is 1. The second-order valence-corrected chi connectivity index (χ2v) is 6.41. The smallest absolute Gasteiger partial charge is 0.257 e. The average molecular weight is 338 g/mol. The van der Waals surface area contributed by atoms with Crippen molar-refractivity contribution in [1.82, 2.24) is 4.98 Å². The monoisotopic (exact) mass is 338 g/mol. The van der Waals surface area contributed by atoms with Crippen LogP contribution in [0.4, 0.5) is 5.13 Å². The predicted molar refractivity (Wildman–Crippen MR) is 97.7 cm³/mol. The van der Waals surface area contributed by atoms with Crippen LogP contribution in [0, 0.1) is 0 Å². The molecular weight excluding hydrogens is 320 g/mol. The number of anilines is 1. The van der Waals surface area contributed by atoms with Crippen LogP contribution >= 0.6 is 11.3 Å². The molecule has 1 N–H and O–H groups in total. The van der Waals surface area contributed by atoms with E-state index in [-0.39, 0.29) is 12.0 Å². The Morgan fingerprint density at radius 2 is 1.79 bits per heavy atom. The zero-order valence-electron chi connectivity index (χ0n) is 13.5. The van der Waals surface area contributed by atoms with Crippen LogP contribution in [0.3, 0.4) is 0 Å². The van der Waals surface area contributed by atoms with E-state index in [1.807, 2.05) is 61.7 Å². The Balaban J connectivity index is 1.70. The number of amides is 1. The quantitative estimate of drug-likeness (QED) is 0.723. The van der Waals surface area contributed by atoms with E-state index in [1.165, 1.54) is 11.3 Å². The first kappa shape index (κ1) is 16.2. The third-order valence-electron chi connectivity index (χ3n) is 3.28. The van der Waals surface area contributed by atoms with Crippen LogP contribution in [0.1, 0.15) is 24.2 Å². The molecule has 0 radical (unpaired) electrons. The van der Waals surface area contributed by atoms with Crippen molar-refractivity contribution in [3.63, 3.8) is 0 Å². The number of hydrogen-bond acceptors (Lipinski definition) is 4. The van der Waals surface area contributed by atoms with Gasteiger partial charge in [0.25, 0.3) is 5.91 Å². The van der Waals surface area contributed by atoms with Gasteiger partial charge in [-0.1, -0.05) is 18.2 Å². The summed E-state index contributed by atoms with van der Waals surface area (Å²) in [6.07, 6.45) is 0.148. The molecule has 3 aromatic rings. The Morgan fingerprint density at radius 3 is 2.46 bits per heavy atom. The molecule has 0 aliphatic heterocycles. The van der Waals surface area contributed by atoms with Crippen molar-refractivity contribution in [2.75, 3.05) is 5.32 Å². The molecule has 122 valence electrons. The zero-order chi connectivity index (χ0) is 16.9. The van der Waals surface area contributed by atoms with Crippen LogP contribution in [0.25, 0.3) is 11.3 Å². The number of benzene rings is 2. The molecule has 1 amide bonds. The maximum Gasteiger partial charge on any atom is 0.257 e. The third kappa shape index (κ3) is 4.00. The van der Waals surface area contributed by atoms with Gasteiger partial charge in [-0.2, -0.15) is 0 Å². The van der Waals surface area contributed by atoms with Crippen molar-refractivity contribution in [2.24, 2.45) is 0 Å². The van der Waals surface area contributed by atoms with E-state index in [1.54, 1.807) is 12.1 Å². The van der Waals surface area contributed by atoms with Crippen molar-refractivity contribution in [3.05, 3.63) is 65.5 Å². The molecule has 0 aliphatic rings. The lowest BCUT2D eigenvalue weighted by Crippen LogP contribution is -2.11. The van der Waals surface area contributed by atoms with Crippen molar-refractivity contribution in [2.45, 2.75) is 20.0 Å². The van der Waals surface area contributed by atoms with Crippen LogP contribution in [0.5, 0.6) is 5.75 Å². The van der Waals surface area contributed by atoms with Gasteiger partial charge in [-0.25, -0.2) is 4.98 Å². The largest absolute Gasteiger partial charge is 0.491 e. The van der Waals surface area contributed by atoms with Gasteiger partial charge < -0.3 is 4.74 Å². The highest BCUT2D eigenvalue weighted by atomic mass is 32.1. The van der Waals surface area contributed by atoms with Gasteiger partial charge in [0.1, 0.15) is 5.75 Å². The third-order valence-corrected chi connectivity index (χ3v) is 4.04. The number of carbonyl (C=O) groups is 1. The van der Waals surface area contributed by atoms with Crippen molar-refractivity contribution >= 4 is 22.4 Å². The van der Waals surface area contributed by atoms with Crippen molar-refractivity contribution < 1.29 is 9.53 Å². The van der Waals surface area contributed by atoms with E-state index in [0.717, 1.165) is 17.0 Å². The fraction of sp³-hybridized carbons (Fsp3) is 0.158. The number of ether oxygens (including phenoxy) is 1. The molecular formula is C19H18N2O2S. The molecule has 0 aliphatic carbocycles. The fourth-order valence-corrected chi connectivity index (χ4v) is 2.91. The summed E-state index contributed by atoms with van der Waals surface area (Å²) < 4.78 is 5.64. The highest BCUT2D eigenvalue weighted by Crippen LogP contribution is 2.27. The van der Waals surface area contributed by atoms with Crippen LogP contribution in [-0.4, -0.2) is 17.0 Å². The minimum atomic E-state index is -0.155. The Hall–Kier alpha value is -2.66. The van der Waals surface area contributed by atoms with Gasteiger partial charge in [0.05, 0.1) is 11.8 Å². The summed E-state index contributed by atoms with van der Waals surface area (Å²) in [5, 5.41) is 5.34. The van der Waals surface area contributed by atoms with Gasteiger partial charge in [-0.3, -0.25) is 10.1 Å². The number of nitrogens with one attached hydrogen (secondary N) is 1. The maximum absolute atomic E-state index is 12.1. The highest BCUT2D eigenvalue weighted by Gasteiger charge is 2.10. The summed E-state index contributed by atoms with van der Waals surface area (Å²) in [7, 11) is 0. The van der Waals surface area contributed by atoms with Crippen LogP contribution < -0.4 is 10.1 Å². The fourth-order valence-electron chi connectivity index (χ4n) is 2.20. The van der Waals surface area contributed by atoms with Crippen LogP contribution in [-0.2, 0) is 0 Å². The standard InChI is InChI=1S/C19H18N2O2S/c1-13(2)23-16-10-8-14(9-11-16)17-12-24-19(20-17)21-18(22)15-6-4-3-5-7-15/h3-13H,1-2H3,(H,20,21,22). The molecule has 0 spiro atoms. The molecule has 2 aromatic carbocycles. The summed E-state index contributed by atoms with van der Waals surface area (Å²) in [6, 6.07) is 16.9. The number of carbonyl (C=O) groups excluding carboxylic acids is 1. The average Bonchev–Trinajstić information content (AvgIpc) is 3.04. The molecule has 3 rings (SSSR count). The first-order valence-corrected chi connectivity index (χ1v) is 8.59. The highest BCUT2D eigenvalue weighted by molar-refractivity contribution is 7.14. The van der Waals surface area contributed by atoms with Crippen molar-refractivity contribution in [3.8, 4) is 17.0 Å². The van der Waals surface area contributed by atoms with E-state index in [9.17, 15) is 4.79 Å². The first-order valence-electron chi connectivity index (χ1n) is 7.71. The minimum absolute atomic E-state index is 0.148. The topological polar surface area (TPSA) is 51.2 Å². The molecule has 1 heterocycles. The van der Waals surface area contributed by atoms with Crippen LogP contribution in [0.15, 0.2) is 60.0 Å². The number of nitrogens with zero attached hydrogens (tertiary/aromatic N) is 1. The summed E-state index contributed by atoms with van der Waals surface area (Å²) in [4.78, 5) is 16.6. The lowest BCUT2D eigenvalue weighted by molar-refractivity contribution is 0.102. The van der Waals surface area contributed by atoms with Gasteiger partial charge in [0.15, 0.2) is 5.13 Å². The Bertz CT molecular complexity index is 811. The second kappa shape index (κ2) is 7.27. The molecule has 0 atom stereocenters. The van der Waals surface area contributed by atoms with Gasteiger partial charge in [-0.05, 0) is 50.2 Å². The molecule has 4 nitrogen and oxygen atoms in total. The predicted octanol–water partition coefficient (Wildman–Crippen LogP) is 4.85. The molecule has 0 fully saturated rings. The zero-order valence-corrected chi connectivity index (χ0v) is 14.3. The van der Waals surface area contributed by atoms with E-state index < -0.39 is 0 Å². The molecule has 5 heteroatoms. The number of hydrogen-bond donors (Lipinski definition) is 1. The summed E-state index contributed by atoms with van der Waals surface area (Å²) in [5.41, 5.74) is 2.44. The molecule has 1 aromatic heterocycles. The first-order chi connectivity index (χ1) is 11.6. The van der Waals surface area contributed by atoms with Crippen LogP contribution in [0.2, 0.25) is 0 Å². The van der Waals surface area contributed by atoms with Gasteiger partial charge in [-0.15, -0.1) is 11.3 Å². The lowest BCUT2D eigenvalue weighted by Gasteiger charge is -2.09. The number of aromatic nitrogens is 1. The Labute approximate surface area is 145 Å². The summed E-state index contributed by atoms with van der Waals surface area (Å²) >= 11 is 1.41. The van der Waals surface area contributed by atoms with Gasteiger partial charge in [0.2, 0.25) is 0 Å². The molecule has 0 saturated heterocycles. The van der Waals surface area contributed by atoms with E-state index in [0.29, 0.717) is 10.7 Å². The Morgan fingerprint density at radius 1 is 1.08 bits per heavy atom. The molecule has 0 unspecified atom stereocenters. The molecule has 0 bridgehead atoms. The molecule has 24 heavy (non-hydrogen) atoms. The Kier molecular flexibility index (Phi) is 4.91. The molecule has 0 saturated carbocycles. The maximum atomic E-state index is 12.1. The van der Waals surface area contributed by atoms with E-state index in [4.69, 9.17) is 4.74 Å².